The zero-order valence-corrected chi connectivity index (χ0v) is 18.6. The Balaban J connectivity index is 1.76. The summed E-state index contributed by atoms with van der Waals surface area (Å²) in [5.74, 6) is 0.857. The van der Waals surface area contributed by atoms with Gasteiger partial charge in [0.05, 0.1) is 4.90 Å². The van der Waals surface area contributed by atoms with E-state index in [9.17, 15) is 8.42 Å². The van der Waals surface area contributed by atoms with Gasteiger partial charge in [0.1, 0.15) is 0 Å². The molecule has 152 valence electrons. The molecule has 0 unspecified atom stereocenters. The van der Waals surface area contributed by atoms with Gasteiger partial charge in [-0.3, -0.25) is 0 Å². The lowest BCUT2D eigenvalue weighted by Gasteiger charge is -2.07. The quantitative estimate of drug-likeness (QED) is 0.330. The van der Waals surface area contributed by atoms with Crippen LogP contribution in [-0.2, 0) is 15.8 Å². The molecule has 0 saturated carbocycles. The Labute approximate surface area is 188 Å². The lowest BCUT2D eigenvalue weighted by Crippen LogP contribution is -2.16. The molecule has 0 atom stereocenters. The van der Waals surface area contributed by atoms with Crippen molar-refractivity contribution in [1.29, 1.82) is 0 Å². The van der Waals surface area contributed by atoms with Crippen LogP contribution in [-0.4, -0.2) is 22.6 Å². The maximum absolute atomic E-state index is 13.3. The molecule has 9 heteroatoms. The molecule has 1 heterocycles. The van der Waals surface area contributed by atoms with Crippen LogP contribution in [0.15, 0.2) is 88.9 Å². The fourth-order valence-electron chi connectivity index (χ4n) is 2.68. The minimum atomic E-state index is -3.95. The third-order valence-corrected chi connectivity index (χ3v) is 7.40. The van der Waals surface area contributed by atoms with Gasteiger partial charge in [-0.1, -0.05) is 65.3 Å². The van der Waals surface area contributed by atoms with Gasteiger partial charge in [0, 0.05) is 21.4 Å². The van der Waals surface area contributed by atoms with E-state index in [1.807, 2.05) is 30.3 Å². The van der Waals surface area contributed by atoms with E-state index < -0.39 is 10.0 Å². The normalized spacial score (nSPS) is 11.5. The van der Waals surface area contributed by atoms with Crippen LogP contribution >= 0.6 is 35.0 Å². The summed E-state index contributed by atoms with van der Waals surface area (Å²) in [7, 11) is -3.95. The Morgan fingerprint density at radius 3 is 2.07 bits per heavy atom. The SMILES string of the molecule is O=S(=O)(c1ccc(Cl)cc1)n1nc(-c2ccc(Cl)cc2)nc1SCc1ccccc1. The average molecular weight is 476 g/mol. The number of hydrogen-bond acceptors (Lipinski definition) is 5. The van der Waals surface area contributed by atoms with Crippen molar-refractivity contribution in [2.24, 2.45) is 0 Å². The van der Waals surface area contributed by atoms with Crippen LogP contribution < -0.4 is 0 Å². The first kappa shape index (κ1) is 20.9. The third kappa shape index (κ3) is 4.54. The molecule has 0 aliphatic heterocycles. The summed E-state index contributed by atoms with van der Waals surface area (Å²) >= 11 is 13.2. The van der Waals surface area contributed by atoms with Crippen LogP contribution in [0, 0.1) is 0 Å². The van der Waals surface area contributed by atoms with E-state index in [4.69, 9.17) is 23.2 Å². The van der Waals surface area contributed by atoms with E-state index >= 15 is 0 Å². The molecule has 0 spiro atoms. The number of halogens is 2. The van der Waals surface area contributed by atoms with Crippen molar-refractivity contribution in [3.63, 3.8) is 0 Å². The van der Waals surface area contributed by atoms with Crippen molar-refractivity contribution >= 4 is 45.0 Å². The highest BCUT2D eigenvalue weighted by Crippen LogP contribution is 2.28. The smallest absolute Gasteiger partial charge is 0.200 e. The second kappa shape index (κ2) is 8.81. The molecule has 4 rings (SSSR count). The lowest BCUT2D eigenvalue weighted by molar-refractivity contribution is 0.573. The van der Waals surface area contributed by atoms with Crippen molar-refractivity contribution < 1.29 is 8.42 Å². The molecule has 3 aromatic carbocycles. The van der Waals surface area contributed by atoms with Crippen molar-refractivity contribution in [3.8, 4) is 11.4 Å². The minimum Gasteiger partial charge on any atom is -0.200 e. The summed E-state index contributed by atoms with van der Waals surface area (Å²) in [6.07, 6.45) is 0. The van der Waals surface area contributed by atoms with Crippen LogP contribution in [0.3, 0.4) is 0 Å². The monoisotopic (exact) mass is 475 g/mol. The number of hydrogen-bond donors (Lipinski definition) is 0. The topological polar surface area (TPSA) is 64.8 Å². The molecule has 4 aromatic rings. The number of benzene rings is 3. The van der Waals surface area contributed by atoms with E-state index in [1.165, 1.54) is 36.0 Å². The third-order valence-electron chi connectivity index (χ3n) is 4.20. The molecule has 1 aromatic heterocycles. The molecule has 0 bridgehead atoms. The highest BCUT2D eigenvalue weighted by atomic mass is 35.5. The molecule has 30 heavy (non-hydrogen) atoms. The molecule has 0 aliphatic rings. The maximum Gasteiger partial charge on any atom is 0.285 e. The Kier molecular flexibility index (Phi) is 6.15. The zero-order chi connectivity index (χ0) is 21.1. The second-order valence-electron chi connectivity index (χ2n) is 6.30. The summed E-state index contributed by atoms with van der Waals surface area (Å²) in [5, 5.41) is 5.62. The highest BCUT2D eigenvalue weighted by molar-refractivity contribution is 7.99. The first-order valence-electron chi connectivity index (χ1n) is 8.84. The molecule has 0 N–H and O–H groups in total. The first-order chi connectivity index (χ1) is 14.4. The number of thioether (sulfide) groups is 1. The summed E-state index contributed by atoms with van der Waals surface area (Å²) in [6, 6.07) is 22.6. The maximum atomic E-state index is 13.3. The number of nitrogens with zero attached hydrogens (tertiary/aromatic N) is 3. The Morgan fingerprint density at radius 2 is 1.43 bits per heavy atom. The van der Waals surface area contributed by atoms with Crippen LogP contribution in [0.5, 0.6) is 0 Å². The Morgan fingerprint density at radius 1 is 0.833 bits per heavy atom. The number of rotatable bonds is 6. The van der Waals surface area contributed by atoms with Crippen molar-refractivity contribution in [2.45, 2.75) is 15.8 Å². The van der Waals surface area contributed by atoms with Gasteiger partial charge in [-0.05, 0) is 54.1 Å². The summed E-state index contributed by atoms with van der Waals surface area (Å²) in [4.78, 5) is 4.59. The molecule has 0 aliphatic carbocycles. The summed E-state index contributed by atoms with van der Waals surface area (Å²) in [5.41, 5.74) is 1.72. The van der Waals surface area contributed by atoms with E-state index in [0.717, 1.165) is 9.65 Å². The van der Waals surface area contributed by atoms with Crippen molar-refractivity contribution in [1.82, 2.24) is 14.2 Å². The lowest BCUT2D eigenvalue weighted by atomic mass is 10.2. The summed E-state index contributed by atoms with van der Waals surface area (Å²) in [6.45, 7) is 0. The molecule has 0 amide bonds. The van der Waals surface area contributed by atoms with E-state index in [2.05, 4.69) is 10.1 Å². The van der Waals surface area contributed by atoms with Crippen molar-refractivity contribution in [2.75, 3.05) is 0 Å². The van der Waals surface area contributed by atoms with Crippen LogP contribution in [0.1, 0.15) is 5.56 Å². The fourth-order valence-corrected chi connectivity index (χ4v) is 5.28. The van der Waals surface area contributed by atoms with Gasteiger partial charge >= 0.3 is 0 Å². The van der Waals surface area contributed by atoms with Gasteiger partial charge in [-0.2, -0.15) is 13.4 Å². The second-order valence-corrected chi connectivity index (χ2v) is 9.88. The van der Waals surface area contributed by atoms with Gasteiger partial charge in [0.2, 0.25) is 5.16 Å². The van der Waals surface area contributed by atoms with E-state index in [1.54, 1.807) is 24.3 Å². The molecule has 0 radical (unpaired) electrons. The van der Waals surface area contributed by atoms with Gasteiger partial charge < -0.3 is 0 Å². The Bertz CT molecular complexity index is 1260. The molecule has 0 saturated heterocycles. The molecule has 5 nitrogen and oxygen atoms in total. The van der Waals surface area contributed by atoms with Gasteiger partial charge in [-0.15, -0.1) is 9.19 Å². The van der Waals surface area contributed by atoms with Gasteiger partial charge in [-0.25, -0.2) is 0 Å². The van der Waals surface area contributed by atoms with E-state index in [-0.39, 0.29) is 10.1 Å². The predicted molar refractivity (Wildman–Crippen MR) is 121 cm³/mol. The zero-order valence-electron chi connectivity index (χ0n) is 15.4. The molecule has 0 fully saturated rings. The van der Waals surface area contributed by atoms with Gasteiger partial charge in [0.15, 0.2) is 5.82 Å². The predicted octanol–water partition coefficient (Wildman–Crippen LogP) is 5.78. The van der Waals surface area contributed by atoms with Gasteiger partial charge in [0.25, 0.3) is 10.0 Å². The summed E-state index contributed by atoms with van der Waals surface area (Å²) < 4.78 is 27.5. The van der Waals surface area contributed by atoms with Crippen LogP contribution in [0.2, 0.25) is 10.0 Å². The average Bonchev–Trinajstić information content (AvgIpc) is 3.19. The molecular formula is C21H15Cl2N3O2S2. The fraction of sp³-hybridized carbons (Fsp3) is 0.0476. The number of aromatic nitrogens is 3. The Hall–Kier alpha value is -2.32. The van der Waals surface area contributed by atoms with Crippen LogP contribution in [0.4, 0.5) is 0 Å². The molecular weight excluding hydrogens is 461 g/mol. The highest BCUT2D eigenvalue weighted by Gasteiger charge is 2.25. The first-order valence-corrected chi connectivity index (χ1v) is 12.0. The minimum absolute atomic E-state index is 0.0843. The van der Waals surface area contributed by atoms with Crippen LogP contribution in [0.25, 0.3) is 11.4 Å². The van der Waals surface area contributed by atoms with E-state index in [0.29, 0.717) is 27.2 Å². The van der Waals surface area contributed by atoms with Crippen molar-refractivity contribution in [3.05, 3.63) is 94.5 Å². The largest absolute Gasteiger partial charge is 0.285 e. The standard InChI is InChI=1S/C21H15Cl2N3O2S2/c22-17-8-6-16(7-9-17)20-24-21(29-14-15-4-2-1-3-5-15)26(25-20)30(27,28)19-12-10-18(23)11-13-19/h1-13H,14H2.